The SMILES string of the molecule is CCC(NC(=O)COc1ccc(Br)cc1)c1ncc[nH]1. The maximum atomic E-state index is 11.9. The van der Waals surface area contributed by atoms with E-state index in [1.54, 1.807) is 24.5 Å². The zero-order valence-corrected chi connectivity index (χ0v) is 12.7. The predicted molar refractivity (Wildman–Crippen MR) is 79.4 cm³/mol. The summed E-state index contributed by atoms with van der Waals surface area (Å²) in [4.78, 5) is 19.0. The summed E-state index contributed by atoms with van der Waals surface area (Å²) < 4.78 is 6.39. The molecular formula is C14H16BrN3O2. The van der Waals surface area contributed by atoms with Gasteiger partial charge in [0, 0.05) is 16.9 Å². The van der Waals surface area contributed by atoms with Crippen molar-refractivity contribution in [1.82, 2.24) is 15.3 Å². The highest BCUT2D eigenvalue weighted by Crippen LogP contribution is 2.16. The summed E-state index contributed by atoms with van der Waals surface area (Å²) in [6.07, 6.45) is 4.17. The van der Waals surface area contributed by atoms with Crippen molar-refractivity contribution in [2.24, 2.45) is 0 Å². The molecule has 2 aromatic rings. The van der Waals surface area contributed by atoms with Crippen molar-refractivity contribution >= 4 is 21.8 Å². The van der Waals surface area contributed by atoms with Gasteiger partial charge in [-0.3, -0.25) is 4.79 Å². The first-order valence-corrected chi connectivity index (χ1v) is 7.15. The summed E-state index contributed by atoms with van der Waals surface area (Å²) in [6.45, 7) is 1.97. The summed E-state index contributed by atoms with van der Waals surface area (Å²) >= 11 is 3.34. The average molecular weight is 338 g/mol. The number of halogens is 1. The van der Waals surface area contributed by atoms with Crippen LogP contribution in [0.1, 0.15) is 25.2 Å². The molecule has 106 valence electrons. The van der Waals surface area contributed by atoms with E-state index in [-0.39, 0.29) is 18.6 Å². The van der Waals surface area contributed by atoms with E-state index in [0.29, 0.717) is 5.75 Å². The number of carbonyl (C=O) groups is 1. The van der Waals surface area contributed by atoms with E-state index in [0.717, 1.165) is 16.7 Å². The third kappa shape index (κ3) is 4.09. The van der Waals surface area contributed by atoms with Crippen LogP contribution in [0.3, 0.4) is 0 Å². The van der Waals surface area contributed by atoms with Gasteiger partial charge in [0.2, 0.25) is 0 Å². The van der Waals surface area contributed by atoms with Crippen molar-refractivity contribution in [1.29, 1.82) is 0 Å². The molecule has 0 aliphatic heterocycles. The number of nitrogens with one attached hydrogen (secondary N) is 2. The summed E-state index contributed by atoms with van der Waals surface area (Å²) in [5.41, 5.74) is 0. The molecule has 2 N–H and O–H groups in total. The van der Waals surface area contributed by atoms with Gasteiger partial charge in [-0.05, 0) is 30.7 Å². The molecule has 1 aromatic heterocycles. The molecule has 2 rings (SSSR count). The zero-order valence-electron chi connectivity index (χ0n) is 11.1. The molecule has 1 heterocycles. The molecule has 6 heteroatoms. The maximum Gasteiger partial charge on any atom is 0.258 e. The lowest BCUT2D eigenvalue weighted by Crippen LogP contribution is -2.32. The number of hydrogen-bond donors (Lipinski definition) is 2. The van der Waals surface area contributed by atoms with Crippen molar-refractivity contribution in [3.63, 3.8) is 0 Å². The fourth-order valence-electron chi connectivity index (χ4n) is 1.75. The van der Waals surface area contributed by atoms with E-state index < -0.39 is 0 Å². The number of aromatic nitrogens is 2. The van der Waals surface area contributed by atoms with Crippen LogP contribution in [-0.4, -0.2) is 22.5 Å². The van der Waals surface area contributed by atoms with Crippen LogP contribution in [0.25, 0.3) is 0 Å². The molecule has 0 bridgehead atoms. The molecule has 0 aliphatic carbocycles. The average Bonchev–Trinajstić information content (AvgIpc) is 2.98. The molecular weight excluding hydrogens is 322 g/mol. The highest BCUT2D eigenvalue weighted by atomic mass is 79.9. The minimum absolute atomic E-state index is 0.0150. The second-order valence-electron chi connectivity index (χ2n) is 4.25. The van der Waals surface area contributed by atoms with Crippen molar-refractivity contribution in [3.8, 4) is 5.75 Å². The minimum atomic E-state index is -0.170. The largest absolute Gasteiger partial charge is 0.484 e. The Morgan fingerprint density at radius 3 is 2.80 bits per heavy atom. The molecule has 0 radical (unpaired) electrons. The van der Waals surface area contributed by atoms with Crippen LogP contribution in [0, 0.1) is 0 Å². The van der Waals surface area contributed by atoms with Crippen LogP contribution in [-0.2, 0) is 4.79 Å². The van der Waals surface area contributed by atoms with Gasteiger partial charge >= 0.3 is 0 Å². The molecule has 0 spiro atoms. The number of imidazole rings is 1. The highest BCUT2D eigenvalue weighted by Gasteiger charge is 2.14. The number of aromatic amines is 1. The molecule has 0 fully saturated rings. The van der Waals surface area contributed by atoms with Gasteiger partial charge in [-0.15, -0.1) is 0 Å². The predicted octanol–water partition coefficient (Wildman–Crippen LogP) is 2.82. The van der Waals surface area contributed by atoms with Gasteiger partial charge in [0.1, 0.15) is 11.6 Å². The first-order chi connectivity index (χ1) is 9.69. The van der Waals surface area contributed by atoms with Crippen molar-refractivity contribution < 1.29 is 9.53 Å². The molecule has 0 aliphatic rings. The van der Waals surface area contributed by atoms with Gasteiger partial charge in [-0.25, -0.2) is 4.98 Å². The van der Waals surface area contributed by atoms with E-state index >= 15 is 0 Å². The van der Waals surface area contributed by atoms with Gasteiger partial charge in [0.15, 0.2) is 6.61 Å². The van der Waals surface area contributed by atoms with Crippen LogP contribution in [0.5, 0.6) is 5.75 Å². The quantitative estimate of drug-likeness (QED) is 0.851. The number of rotatable bonds is 6. The van der Waals surface area contributed by atoms with Crippen LogP contribution >= 0.6 is 15.9 Å². The van der Waals surface area contributed by atoms with Gasteiger partial charge in [-0.1, -0.05) is 22.9 Å². The molecule has 0 saturated heterocycles. The Morgan fingerprint density at radius 2 is 2.20 bits per heavy atom. The van der Waals surface area contributed by atoms with E-state index in [9.17, 15) is 4.79 Å². The third-order valence-electron chi connectivity index (χ3n) is 2.78. The first-order valence-electron chi connectivity index (χ1n) is 6.36. The number of carbonyl (C=O) groups excluding carboxylic acids is 1. The van der Waals surface area contributed by atoms with Gasteiger partial charge in [0.25, 0.3) is 5.91 Å². The van der Waals surface area contributed by atoms with E-state index in [1.165, 1.54) is 0 Å². The maximum absolute atomic E-state index is 11.9. The van der Waals surface area contributed by atoms with Crippen LogP contribution in [0.4, 0.5) is 0 Å². The number of H-pyrrole nitrogens is 1. The Morgan fingerprint density at radius 1 is 1.45 bits per heavy atom. The lowest BCUT2D eigenvalue weighted by molar-refractivity contribution is -0.123. The smallest absolute Gasteiger partial charge is 0.258 e. The lowest BCUT2D eigenvalue weighted by Gasteiger charge is -2.15. The van der Waals surface area contributed by atoms with Crippen molar-refractivity contribution in [3.05, 3.63) is 47.0 Å². The van der Waals surface area contributed by atoms with E-state index in [2.05, 4.69) is 31.2 Å². The molecule has 1 aromatic carbocycles. The standard InChI is InChI=1S/C14H16BrN3O2/c1-2-12(14-16-7-8-17-14)18-13(19)9-20-11-5-3-10(15)4-6-11/h3-8,12H,2,9H2,1H3,(H,16,17)(H,18,19). The fraction of sp³-hybridized carbons (Fsp3) is 0.286. The molecule has 1 unspecified atom stereocenters. The van der Waals surface area contributed by atoms with E-state index in [1.807, 2.05) is 19.1 Å². The number of ether oxygens (including phenoxy) is 1. The van der Waals surface area contributed by atoms with Crippen LogP contribution < -0.4 is 10.1 Å². The normalized spacial score (nSPS) is 11.9. The molecule has 1 atom stereocenters. The fourth-order valence-corrected chi connectivity index (χ4v) is 2.01. The van der Waals surface area contributed by atoms with Gasteiger partial charge in [0.05, 0.1) is 6.04 Å². The minimum Gasteiger partial charge on any atom is -0.484 e. The second kappa shape index (κ2) is 7.09. The summed E-state index contributed by atoms with van der Waals surface area (Å²) in [6, 6.07) is 7.23. The summed E-state index contributed by atoms with van der Waals surface area (Å²) in [7, 11) is 0. The van der Waals surface area contributed by atoms with Gasteiger partial charge < -0.3 is 15.0 Å². The Bertz CT molecular complexity index is 540. The monoisotopic (exact) mass is 337 g/mol. The second-order valence-corrected chi connectivity index (χ2v) is 5.16. The van der Waals surface area contributed by atoms with Crippen molar-refractivity contribution in [2.75, 3.05) is 6.61 Å². The highest BCUT2D eigenvalue weighted by molar-refractivity contribution is 9.10. The first kappa shape index (κ1) is 14.6. The Kier molecular flexibility index (Phi) is 5.17. The number of nitrogens with zero attached hydrogens (tertiary/aromatic N) is 1. The summed E-state index contributed by atoms with van der Waals surface area (Å²) in [5, 5.41) is 2.88. The Hall–Kier alpha value is -1.82. The lowest BCUT2D eigenvalue weighted by atomic mass is 10.2. The van der Waals surface area contributed by atoms with Crippen molar-refractivity contribution in [2.45, 2.75) is 19.4 Å². The van der Waals surface area contributed by atoms with E-state index in [4.69, 9.17) is 4.74 Å². The third-order valence-corrected chi connectivity index (χ3v) is 3.31. The van der Waals surface area contributed by atoms with Gasteiger partial charge in [-0.2, -0.15) is 0 Å². The molecule has 20 heavy (non-hydrogen) atoms. The Balaban J connectivity index is 1.84. The number of hydrogen-bond acceptors (Lipinski definition) is 3. The molecule has 0 saturated carbocycles. The number of benzene rings is 1. The topological polar surface area (TPSA) is 67.0 Å². The molecule has 5 nitrogen and oxygen atoms in total. The van der Waals surface area contributed by atoms with Crippen LogP contribution in [0.15, 0.2) is 41.1 Å². The summed E-state index contributed by atoms with van der Waals surface area (Å²) in [5.74, 6) is 1.25. The zero-order chi connectivity index (χ0) is 14.4. The molecule has 1 amide bonds. The number of amides is 1. The van der Waals surface area contributed by atoms with Crippen LogP contribution in [0.2, 0.25) is 0 Å². The Labute approximate surface area is 125 Å².